The molecule has 0 amide bonds. The number of aliphatic hydroxyl groups is 7. The monoisotopic (exact) mass is 696 g/mol. The maximum absolute atomic E-state index is 13.2. The first-order chi connectivity index (χ1) is 23.2. The van der Waals surface area contributed by atoms with Crippen molar-refractivity contribution in [1.82, 2.24) is 0 Å². The van der Waals surface area contributed by atoms with Crippen molar-refractivity contribution in [3.05, 3.63) is 11.6 Å². The Hall–Kier alpha value is -1.56. The summed E-state index contributed by atoms with van der Waals surface area (Å²) in [7, 11) is 0. The van der Waals surface area contributed by atoms with Crippen LogP contribution in [0.15, 0.2) is 11.6 Å². The quantitative estimate of drug-likeness (QED) is 0.102. The van der Waals surface area contributed by atoms with Crippen molar-refractivity contribution in [3.8, 4) is 0 Å². The topological polar surface area (TPSA) is 222 Å². The number of carbonyl (C=O) groups is 2. The molecule has 0 bridgehead atoms. The molecule has 14 heteroatoms. The summed E-state index contributed by atoms with van der Waals surface area (Å²) in [5.74, 6) is -0.688. The van der Waals surface area contributed by atoms with E-state index in [0.29, 0.717) is 44.9 Å². The number of aliphatic hydroxyl groups excluding tert-OH is 5. The van der Waals surface area contributed by atoms with Crippen LogP contribution in [0.2, 0.25) is 0 Å². The van der Waals surface area contributed by atoms with Gasteiger partial charge in [0.25, 0.3) is 0 Å². The highest BCUT2D eigenvalue weighted by Crippen LogP contribution is 2.70. The number of hydrogen-bond acceptors (Lipinski definition) is 14. The third-order valence-electron chi connectivity index (χ3n) is 14.0. The average molecular weight is 697 g/mol. The van der Waals surface area contributed by atoms with Crippen LogP contribution in [0.3, 0.4) is 0 Å². The van der Waals surface area contributed by atoms with E-state index in [0.717, 1.165) is 18.3 Å². The first-order valence-electron chi connectivity index (χ1n) is 17.9. The standard InChI is InChI=1S/C35H52O14/c1-17-30(49-31-29(42)28(41)27(40)24(14-36)48-31)23(38)12-26(46-17)47-19-3-8-33(16-37)21-4-7-32(2)20(18-11-25(39)45-15-18)6-10-35(32,44)22(21)5-9-34(33,43)13-19/h11,16-17,19-24,26-31,36,38,40-44H,3-10,12-15H2,1-2H3/t17-,19-,20-,21+,22-,23+,24-,26+,27-,28+,29-,30-,31+,32-,33+,34+,35+/m1/s1. The van der Waals surface area contributed by atoms with Gasteiger partial charge in [0.15, 0.2) is 12.6 Å². The third-order valence-corrected chi connectivity index (χ3v) is 14.0. The largest absolute Gasteiger partial charge is 0.458 e. The fourth-order valence-electron chi connectivity index (χ4n) is 11.3. The molecule has 3 aliphatic heterocycles. The van der Waals surface area contributed by atoms with E-state index < -0.39 is 90.1 Å². The van der Waals surface area contributed by atoms with Crippen molar-refractivity contribution in [3.63, 3.8) is 0 Å². The molecule has 14 nitrogen and oxygen atoms in total. The van der Waals surface area contributed by atoms with Gasteiger partial charge in [0.2, 0.25) is 0 Å². The molecule has 276 valence electrons. The molecule has 17 atom stereocenters. The summed E-state index contributed by atoms with van der Waals surface area (Å²) in [6.07, 6.45) is -4.38. The Kier molecular flexibility index (Phi) is 9.38. The lowest BCUT2D eigenvalue weighted by Crippen LogP contribution is -2.69. The molecule has 3 heterocycles. The summed E-state index contributed by atoms with van der Waals surface area (Å²) in [6, 6.07) is 0. The maximum atomic E-state index is 13.2. The lowest BCUT2D eigenvalue weighted by Gasteiger charge is -2.65. The van der Waals surface area contributed by atoms with Gasteiger partial charge in [-0.3, -0.25) is 0 Å². The van der Waals surface area contributed by atoms with Gasteiger partial charge in [-0.15, -0.1) is 0 Å². The van der Waals surface area contributed by atoms with E-state index in [9.17, 15) is 45.3 Å². The first-order valence-corrected chi connectivity index (χ1v) is 17.9. The van der Waals surface area contributed by atoms with Gasteiger partial charge < -0.3 is 64.2 Å². The number of ether oxygens (including phenoxy) is 5. The van der Waals surface area contributed by atoms with Gasteiger partial charge >= 0.3 is 5.97 Å². The van der Waals surface area contributed by atoms with Gasteiger partial charge in [0, 0.05) is 24.3 Å². The Bertz CT molecular complexity index is 1300. The number of cyclic esters (lactones) is 1. The molecule has 0 aromatic carbocycles. The van der Waals surface area contributed by atoms with Crippen molar-refractivity contribution in [2.45, 2.75) is 151 Å². The molecule has 0 unspecified atom stereocenters. The van der Waals surface area contributed by atoms with Crippen LogP contribution in [0.5, 0.6) is 0 Å². The van der Waals surface area contributed by atoms with E-state index in [-0.39, 0.29) is 43.2 Å². The highest BCUT2D eigenvalue weighted by Gasteiger charge is 2.71. The minimum Gasteiger partial charge on any atom is -0.458 e. The zero-order chi connectivity index (χ0) is 35.1. The van der Waals surface area contributed by atoms with Crippen LogP contribution < -0.4 is 0 Å². The van der Waals surface area contributed by atoms with Crippen LogP contribution >= 0.6 is 0 Å². The molecule has 4 aliphatic carbocycles. The van der Waals surface area contributed by atoms with Gasteiger partial charge in [-0.1, -0.05) is 6.92 Å². The maximum Gasteiger partial charge on any atom is 0.331 e. The fraction of sp³-hybridized carbons (Fsp3) is 0.886. The van der Waals surface area contributed by atoms with E-state index in [1.807, 2.05) is 0 Å². The molecule has 7 aliphatic rings. The molecule has 49 heavy (non-hydrogen) atoms. The van der Waals surface area contributed by atoms with Crippen molar-refractivity contribution in [2.24, 2.45) is 28.6 Å². The van der Waals surface area contributed by atoms with E-state index in [4.69, 9.17) is 23.7 Å². The van der Waals surface area contributed by atoms with Crippen LogP contribution in [-0.4, -0.2) is 134 Å². The summed E-state index contributed by atoms with van der Waals surface area (Å²) in [6.45, 7) is 3.42. The van der Waals surface area contributed by atoms with Crippen LogP contribution in [0.4, 0.5) is 0 Å². The Balaban J connectivity index is 1.00. The highest BCUT2D eigenvalue weighted by molar-refractivity contribution is 5.85. The van der Waals surface area contributed by atoms with Crippen LogP contribution in [-0.2, 0) is 33.3 Å². The van der Waals surface area contributed by atoms with Crippen molar-refractivity contribution >= 4 is 12.3 Å². The van der Waals surface area contributed by atoms with E-state index in [1.54, 1.807) is 13.0 Å². The molecular weight excluding hydrogens is 644 g/mol. The van der Waals surface area contributed by atoms with Gasteiger partial charge in [0.05, 0.1) is 41.5 Å². The summed E-state index contributed by atoms with van der Waals surface area (Å²) in [5.41, 5.74) is -2.94. The summed E-state index contributed by atoms with van der Waals surface area (Å²) < 4.78 is 28.9. The van der Waals surface area contributed by atoms with Gasteiger partial charge in [-0.2, -0.15) is 0 Å². The van der Waals surface area contributed by atoms with E-state index in [1.165, 1.54) is 0 Å². The molecule has 4 saturated carbocycles. The smallest absolute Gasteiger partial charge is 0.331 e. The molecule has 0 radical (unpaired) electrons. The number of carbonyl (C=O) groups excluding carboxylic acids is 2. The minimum absolute atomic E-state index is 0.00470. The Morgan fingerprint density at radius 2 is 1.69 bits per heavy atom. The van der Waals surface area contributed by atoms with Gasteiger partial charge in [-0.25, -0.2) is 4.79 Å². The molecule has 0 aromatic rings. The van der Waals surface area contributed by atoms with Gasteiger partial charge in [-0.05, 0) is 81.6 Å². The normalized spacial score (nSPS) is 54.3. The molecule has 0 aromatic heterocycles. The Labute approximate surface area is 285 Å². The van der Waals surface area contributed by atoms with Crippen molar-refractivity contribution in [1.29, 1.82) is 0 Å². The van der Waals surface area contributed by atoms with Crippen LogP contribution in [0.25, 0.3) is 0 Å². The summed E-state index contributed by atoms with van der Waals surface area (Å²) in [5, 5.41) is 75.9. The predicted octanol–water partition coefficient (Wildman–Crippen LogP) is -0.397. The highest BCUT2D eigenvalue weighted by atomic mass is 16.7. The number of aldehydes is 1. The minimum atomic E-state index is -1.62. The second kappa shape index (κ2) is 12.8. The summed E-state index contributed by atoms with van der Waals surface area (Å²) >= 11 is 0. The number of esters is 1. The molecule has 6 fully saturated rings. The fourth-order valence-corrected chi connectivity index (χ4v) is 11.3. The molecule has 7 N–H and O–H groups in total. The Morgan fingerprint density at radius 1 is 0.939 bits per heavy atom. The van der Waals surface area contributed by atoms with E-state index in [2.05, 4.69) is 6.92 Å². The number of rotatable bonds is 7. The van der Waals surface area contributed by atoms with Crippen molar-refractivity contribution < 1.29 is 69.0 Å². The van der Waals surface area contributed by atoms with Crippen molar-refractivity contribution in [2.75, 3.05) is 13.2 Å². The lowest BCUT2D eigenvalue weighted by molar-refractivity contribution is -0.345. The Morgan fingerprint density at radius 3 is 2.37 bits per heavy atom. The third kappa shape index (κ3) is 5.47. The van der Waals surface area contributed by atoms with Gasteiger partial charge in [0.1, 0.15) is 43.4 Å². The second-order valence-electron chi connectivity index (χ2n) is 16.1. The SMILES string of the molecule is C[C@H]1O[C@@H](O[C@@H]2CC[C@]3(C=O)[C@H]4CC[C@]5(C)[C@@H](C6=CC(=O)OC6)CC[C@]5(O)[C@@H]4CC[C@]3(O)C2)C[C@H](O)[C@@H]1O[C@@H]1O[C@H](CO)[C@@H](O)[C@H](O)[C@H]1O. The zero-order valence-electron chi connectivity index (χ0n) is 28.1. The lowest BCUT2D eigenvalue weighted by atomic mass is 9.41. The molecular formula is C35H52O14. The number of hydrogen-bond donors (Lipinski definition) is 7. The summed E-state index contributed by atoms with van der Waals surface area (Å²) in [4.78, 5) is 25.0. The van der Waals surface area contributed by atoms with Crippen LogP contribution in [0, 0.1) is 28.6 Å². The van der Waals surface area contributed by atoms with E-state index >= 15 is 0 Å². The zero-order valence-corrected chi connectivity index (χ0v) is 28.1. The second-order valence-corrected chi connectivity index (χ2v) is 16.1. The van der Waals surface area contributed by atoms with Crippen LogP contribution in [0.1, 0.15) is 78.1 Å². The molecule has 2 saturated heterocycles. The molecule has 7 rings (SSSR count). The first kappa shape index (κ1) is 35.8. The predicted molar refractivity (Wildman–Crippen MR) is 166 cm³/mol. The average Bonchev–Trinajstić information content (AvgIpc) is 3.61. The number of fused-ring (bicyclic) bond motifs is 5. The molecule has 0 spiro atoms.